The van der Waals surface area contributed by atoms with Gasteiger partial charge in [0.2, 0.25) is 16.8 Å². The van der Waals surface area contributed by atoms with Crippen LogP contribution in [-0.2, 0) is 16.4 Å². The molecule has 1 N–H and O–H groups in total. The minimum absolute atomic E-state index is 0.106. The highest BCUT2D eigenvalue weighted by atomic mass is 32.2. The third kappa shape index (κ3) is 5.67. The van der Waals surface area contributed by atoms with E-state index < -0.39 is 10.0 Å². The van der Waals surface area contributed by atoms with Gasteiger partial charge in [-0.05, 0) is 54.4 Å². The number of fused-ring (bicyclic) bond motifs is 1. The first-order chi connectivity index (χ1) is 17.0. The van der Waals surface area contributed by atoms with Gasteiger partial charge in [0.1, 0.15) is 0 Å². The van der Waals surface area contributed by atoms with Crippen LogP contribution >= 0.6 is 0 Å². The molecule has 1 atom stereocenters. The average molecular weight is 494 g/mol. The number of benzene rings is 3. The first-order valence-electron chi connectivity index (χ1n) is 11.9. The number of piperazine rings is 1. The maximum absolute atomic E-state index is 13.2. The first kappa shape index (κ1) is 23.8. The summed E-state index contributed by atoms with van der Waals surface area (Å²) >= 11 is 0. The Morgan fingerprint density at radius 3 is 2.29 bits per heavy atom. The molecule has 3 aromatic carbocycles. The van der Waals surface area contributed by atoms with E-state index in [-0.39, 0.29) is 24.3 Å². The normalized spacial score (nSPS) is 17.4. The van der Waals surface area contributed by atoms with Gasteiger partial charge >= 0.3 is 0 Å². The molecule has 35 heavy (non-hydrogen) atoms. The van der Waals surface area contributed by atoms with Gasteiger partial charge in [0.05, 0.1) is 4.90 Å². The van der Waals surface area contributed by atoms with E-state index in [9.17, 15) is 8.42 Å². The van der Waals surface area contributed by atoms with Gasteiger partial charge in [0.15, 0.2) is 11.5 Å². The summed E-state index contributed by atoms with van der Waals surface area (Å²) in [6.45, 7) is 4.10. The number of sulfonamides is 1. The molecule has 184 valence electrons. The summed E-state index contributed by atoms with van der Waals surface area (Å²) in [7, 11) is -1.55. The number of hydrogen-bond acceptors (Lipinski definition) is 6. The van der Waals surface area contributed by atoms with Crippen molar-refractivity contribution in [3.05, 3.63) is 89.5 Å². The predicted octanol–water partition coefficient (Wildman–Crippen LogP) is 3.27. The third-order valence-corrected chi connectivity index (χ3v) is 8.15. The lowest BCUT2D eigenvalue weighted by Gasteiger charge is -2.38. The highest BCUT2D eigenvalue weighted by Crippen LogP contribution is 2.35. The van der Waals surface area contributed by atoms with E-state index in [1.807, 2.05) is 48.5 Å². The molecule has 0 bridgehead atoms. The zero-order chi connectivity index (χ0) is 24.3. The molecule has 7 nitrogen and oxygen atoms in total. The summed E-state index contributed by atoms with van der Waals surface area (Å²) in [5.41, 5.74) is 3.28. The Kier molecular flexibility index (Phi) is 7.06. The molecule has 5 rings (SSSR count). The minimum atomic E-state index is -3.66. The van der Waals surface area contributed by atoms with Crippen molar-refractivity contribution in [1.29, 1.82) is 0 Å². The largest absolute Gasteiger partial charge is 0.454 e. The summed E-state index contributed by atoms with van der Waals surface area (Å²) in [6.07, 6.45) is 0.768. The van der Waals surface area contributed by atoms with Crippen molar-refractivity contribution in [2.24, 2.45) is 0 Å². The van der Waals surface area contributed by atoms with Crippen molar-refractivity contribution >= 4 is 10.0 Å². The summed E-state index contributed by atoms with van der Waals surface area (Å²) in [6, 6.07) is 23.1. The van der Waals surface area contributed by atoms with Crippen molar-refractivity contribution in [2.75, 3.05) is 46.6 Å². The maximum atomic E-state index is 13.2. The molecule has 0 spiro atoms. The van der Waals surface area contributed by atoms with Crippen LogP contribution in [0.1, 0.15) is 22.7 Å². The molecule has 2 aliphatic rings. The Morgan fingerprint density at radius 1 is 0.857 bits per heavy atom. The van der Waals surface area contributed by atoms with Gasteiger partial charge in [0, 0.05) is 38.8 Å². The molecule has 1 fully saturated rings. The quantitative estimate of drug-likeness (QED) is 0.519. The van der Waals surface area contributed by atoms with Crippen molar-refractivity contribution in [3.63, 3.8) is 0 Å². The predicted molar refractivity (Wildman–Crippen MR) is 135 cm³/mol. The Hall–Kier alpha value is -2.91. The van der Waals surface area contributed by atoms with E-state index in [4.69, 9.17) is 9.47 Å². The lowest BCUT2D eigenvalue weighted by atomic mass is 10.0. The molecule has 3 aromatic rings. The number of rotatable bonds is 8. The summed E-state index contributed by atoms with van der Waals surface area (Å²) in [5, 5.41) is 0. The summed E-state index contributed by atoms with van der Waals surface area (Å²) < 4.78 is 40.3. The zero-order valence-electron chi connectivity index (χ0n) is 19.9. The smallest absolute Gasteiger partial charge is 0.240 e. The number of hydrogen-bond donors (Lipinski definition) is 1. The van der Waals surface area contributed by atoms with Crippen molar-refractivity contribution < 1.29 is 17.9 Å². The van der Waals surface area contributed by atoms with E-state index >= 15 is 0 Å². The fourth-order valence-corrected chi connectivity index (χ4v) is 5.64. The second-order valence-electron chi connectivity index (χ2n) is 9.13. The molecule has 1 unspecified atom stereocenters. The Morgan fingerprint density at radius 2 is 1.54 bits per heavy atom. The first-order valence-corrected chi connectivity index (χ1v) is 13.4. The third-order valence-electron chi connectivity index (χ3n) is 6.71. The van der Waals surface area contributed by atoms with Gasteiger partial charge < -0.3 is 14.4 Å². The number of nitrogens with zero attached hydrogens (tertiary/aromatic N) is 2. The van der Waals surface area contributed by atoms with Crippen LogP contribution in [0.25, 0.3) is 0 Å². The Labute approximate surface area is 207 Å². The zero-order valence-corrected chi connectivity index (χ0v) is 20.7. The lowest BCUT2D eigenvalue weighted by molar-refractivity contribution is 0.112. The second-order valence-corrected chi connectivity index (χ2v) is 10.9. The van der Waals surface area contributed by atoms with Gasteiger partial charge in [-0.3, -0.25) is 4.90 Å². The maximum Gasteiger partial charge on any atom is 0.240 e. The van der Waals surface area contributed by atoms with Crippen LogP contribution in [0.3, 0.4) is 0 Å². The van der Waals surface area contributed by atoms with Gasteiger partial charge in [-0.1, -0.05) is 48.5 Å². The number of likely N-dealkylation sites (N-methyl/N-ethyl adjacent to an activating group) is 1. The molecule has 0 aromatic heterocycles. The molecule has 1 saturated heterocycles. The van der Waals surface area contributed by atoms with Crippen LogP contribution in [0.15, 0.2) is 77.7 Å². The van der Waals surface area contributed by atoms with Crippen molar-refractivity contribution in [3.8, 4) is 11.5 Å². The average Bonchev–Trinajstić information content (AvgIpc) is 3.34. The molecule has 2 aliphatic heterocycles. The monoisotopic (exact) mass is 493 g/mol. The molecular weight excluding hydrogens is 462 g/mol. The van der Waals surface area contributed by atoms with E-state index in [0.717, 1.165) is 49.5 Å². The lowest BCUT2D eigenvalue weighted by Crippen LogP contribution is -2.48. The fraction of sp³-hybridized carbons (Fsp3) is 0.333. The minimum Gasteiger partial charge on any atom is -0.454 e. The van der Waals surface area contributed by atoms with Crippen LogP contribution < -0.4 is 14.2 Å². The van der Waals surface area contributed by atoms with Gasteiger partial charge in [-0.25, -0.2) is 13.1 Å². The molecule has 8 heteroatoms. The van der Waals surface area contributed by atoms with Crippen LogP contribution in [0.4, 0.5) is 0 Å². The molecule has 0 aliphatic carbocycles. The number of ether oxygens (including phenoxy) is 2. The molecular formula is C27H31N3O4S. The second kappa shape index (κ2) is 10.4. The Balaban J connectivity index is 1.31. The molecule has 0 radical (unpaired) electrons. The van der Waals surface area contributed by atoms with E-state index in [0.29, 0.717) is 5.75 Å². The van der Waals surface area contributed by atoms with Crippen molar-refractivity contribution in [2.45, 2.75) is 17.4 Å². The van der Waals surface area contributed by atoms with Crippen LogP contribution in [-0.4, -0.2) is 64.8 Å². The number of nitrogens with one attached hydrogen (secondary N) is 1. The SMILES string of the molecule is CN1CCN(C(CNS(=O)(=O)c2ccc(Cc3ccccc3)cc2)c2ccc3c(c2)OCO3)CC1. The molecule has 0 amide bonds. The summed E-state index contributed by atoms with van der Waals surface area (Å²) in [5.74, 6) is 1.43. The topological polar surface area (TPSA) is 71.1 Å². The standard InChI is InChI=1S/C27H31N3O4S/c1-29-13-15-30(16-14-29)25(23-9-12-26-27(18-23)34-20-33-26)19-28-35(31,32)24-10-7-22(8-11-24)17-21-5-3-2-4-6-21/h2-12,18,25,28H,13-17,19-20H2,1H3. The van der Waals surface area contributed by atoms with E-state index in [1.165, 1.54) is 5.56 Å². The highest BCUT2D eigenvalue weighted by molar-refractivity contribution is 7.89. The summed E-state index contributed by atoms with van der Waals surface area (Å²) in [4.78, 5) is 4.90. The van der Waals surface area contributed by atoms with E-state index in [2.05, 4.69) is 33.7 Å². The molecule has 2 heterocycles. The van der Waals surface area contributed by atoms with Crippen LogP contribution in [0.5, 0.6) is 11.5 Å². The highest BCUT2D eigenvalue weighted by Gasteiger charge is 2.27. The Bertz CT molecular complexity index is 1240. The van der Waals surface area contributed by atoms with Crippen LogP contribution in [0, 0.1) is 0 Å². The van der Waals surface area contributed by atoms with Gasteiger partial charge in [-0.15, -0.1) is 0 Å². The fourth-order valence-electron chi connectivity index (χ4n) is 4.60. The molecule has 0 saturated carbocycles. The van der Waals surface area contributed by atoms with Gasteiger partial charge in [0.25, 0.3) is 0 Å². The van der Waals surface area contributed by atoms with Gasteiger partial charge in [-0.2, -0.15) is 0 Å². The van der Waals surface area contributed by atoms with Crippen LogP contribution in [0.2, 0.25) is 0 Å². The van der Waals surface area contributed by atoms with E-state index in [1.54, 1.807) is 12.1 Å². The van der Waals surface area contributed by atoms with Crippen molar-refractivity contribution in [1.82, 2.24) is 14.5 Å².